The third-order valence-electron chi connectivity index (χ3n) is 2.21. The average molecular weight is 218 g/mol. The highest BCUT2D eigenvalue weighted by atomic mass is 35.5. The molecule has 1 unspecified atom stereocenters. The summed E-state index contributed by atoms with van der Waals surface area (Å²) in [6.45, 7) is 3.60. The molecule has 14 heavy (non-hydrogen) atoms. The van der Waals surface area contributed by atoms with Gasteiger partial charge in [-0.2, -0.15) is 5.10 Å². The summed E-state index contributed by atoms with van der Waals surface area (Å²) in [6, 6.07) is 0. The van der Waals surface area contributed by atoms with E-state index in [1.165, 1.54) is 0 Å². The van der Waals surface area contributed by atoms with Crippen LogP contribution in [0.1, 0.15) is 18.2 Å². The van der Waals surface area contributed by atoms with E-state index in [1.807, 2.05) is 6.92 Å². The van der Waals surface area contributed by atoms with E-state index in [-0.39, 0.29) is 6.61 Å². The standard InChI is InChI=1S/C9H16ClN3O/c1-6-7(4-9(2,11)5-14)8(10)13(3)12-6/h14H,4-5,11H2,1-3H3. The number of hydrogen-bond donors (Lipinski definition) is 2. The van der Waals surface area contributed by atoms with Crippen molar-refractivity contribution in [3.05, 3.63) is 16.4 Å². The van der Waals surface area contributed by atoms with E-state index in [2.05, 4.69) is 5.10 Å². The maximum absolute atomic E-state index is 9.05. The molecule has 0 saturated carbocycles. The molecule has 0 amide bonds. The van der Waals surface area contributed by atoms with Gasteiger partial charge < -0.3 is 10.8 Å². The molecule has 0 saturated heterocycles. The minimum absolute atomic E-state index is 0.0718. The number of nitrogens with two attached hydrogens (primary N) is 1. The molecule has 80 valence electrons. The van der Waals surface area contributed by atoms with Crippen LogP contribution in [0.25, 0.3) is 0 Å². The molecule has 1 aromatic rings. The minimum atomic E-state index is -0.641. The number of aromatic nitrogens is 2. The Kier molecular flexibility index (Phi) is 3.19. The normalized spacial score (nSPS) is 15.6. The highest BCUT2D eigenvalue weighted by molar-refractivity contribution is 6.30. The average Bonchev–Trinajstić information content (AvgIpc) is 2.32. The van der Waals surface area contributed by atoms with Gasteiger partial charge in [0.1, 0.15) is 5.15 Å². The van der Waals surface area contributed by atoms with Crippen LogP contribution >= 0.6 is 11.6 Å². The first-order chi connectivity index (χ1) is 6.37. The second-order valence-corrected chi connectivity index (χ2v) is 4.33. The molecule has 1 heterocycles. The fraction of sp³-hybridized carbons (Fsp3) is 0.667. The Morgan fingerprint density at radius 1 is 1.64 bits per heavy atom. The fourth-order valence-corrected chi connectivity index (χ4v) is 1.58. The monoisotopic (exact) mass is 217 g/mol. The molecule has 0 bridgehead atoms. The van der Waals surface area contributed by atoms with Crippen molar-refractivity contribution >= 4 is 11.6 Å². The SMILES string of the molecule is Cc1nn(C)c(Cl)c1CC(C)(N)CO. The van der Waals surface area contributed by atoms with E-state index in [1.54, 1.807) is 18.7 Å². The molecule has 0 spiro atoms. The second kappa shape index (κ2) is 3.88. The van der Waals surface area contributed by atoms with Gasteiger partial charge in [-0.05, 0) is 20.3 Å². The molecule has 3 N–H and O–H groups in total. The van der Waals surface area contributed by atoms with E-state index in [0.29, 0.717) is 11.6 Å². The van der Waals surface area contributed by atoms with Gasteiger partial charge in [-0.25, -0.2) is 0 Å². The Labute approximate surface area is 88.7 Å². The van der Waals surface area contributed by atoms with Gasteiger partial charge in [0.15, 0.2) is 0 Å². The Hall–Kier alpha value is -0.580. The van der Waals surface area contributed by atoms with Crippen molar-refractivity contribution in [1.82, 2.24) is 9.78 Å². The predicted molar refractivity (Wildman–Crippen MR) is 56.3 cm³/mol. The predicted octanol–water partition coefficient (Wildman–Crippen LogP) is 0.634. The highest BCUT2D eigenvalue weighted by Gasteiger charge is 2.22. The van der Waals surface area contributed by atoms with Gasteiger partial charge in [0.25, 0.3) is 0 Å². The van der Waals surface area contributed by atoms with Gasteiger partial charge in [0, 0.05) is 18.2 Å². The first-order valence-electron chi connectivity index (χ1n) is 4.45. The number of nitrogens with zero attached hydrogens (tertiary/aromatic N) is 2. The summed E-state index contributed by atoms with van der Waals surface area (Å²) in [7, 11) is 1.78. The van der Waals surface area contributed by atoms with Crippen molar-refractivity contribution in [3.8, 4) is 0 Å². The Morgan fingerprint density at radius 2 is 2.21 bits per heavy atom. The molecule has 0 radical (unpaired) electrons. The third kappa shape index (κ3) is 2.26. The zero-order valence-corrected chi connectivity index (χ0v) is 9.47. The van der Waals surface area contributed by atoms with Crippen molar-refractivity contribution < 1.29 is 5.11 Å². The fourth-order valence-electron chi connectivity index (χ4n) is 1.33. The highest BCUT2D eigenvalue weighted by Crippen LogP contribution is 2.22. The van der Waals surface area contributed by atoms with Crippen LogP contribution in [-0.2, 0) is 13.5 Å². The molecule has 0 fully saturated rings. The first kappa shape index (κ1) is 11.5. The van der Waals surface area contributed by atoms with Crippen molar-refractivity contribution in [2.45, 2.75) is 25.8 Å². The van der Waals surface area contributed by atoms with Crippen LogP contribution in [0.5, 0.6) is 0 Å². The second-order valence-electron chi connectivity index (χ2n) is 3.97. The Morgan fingerprint density at radius 3 is 2.57 bits per heavy atom. The Balaban J connectivity index is 2.97. The Bertz CT molecular complexity index is 333. The number of hydrogen-bond acceptors (Lipinski definition) is 3. The first-order valence-corrected chi connectivity index (χ1v) is 4.83. The van der Waals surface area contributed by atoms with Crippen LogP contribution in [-0.4, -0.2) is 27.0 Å². The summed E-state index contributed by atoms with van der Waals surface area (Å²) in [5.41, 5.74) is 6.98. The lowest BCUT2D eigenvalue weighted by atomic mass is 9.95. The number of aryl methyl sites for hydroxylation is 2. The molecule has 0 aliphatic carbocycles. The van der Waals surface area contributed by atoms with Crippen LogP contribution in [0.3, 0.4) is 0 Å². The molecular weight excluding hydrogens is 202 g/mol. The molecule has 1 atom stereocenters. The van der Waals surface area contributed by atoms with Crippen molar-refractivity contribution in [1.29, 1.82) is 0 Å². The zero-order valence-electron chi connectivity index (χ0n) is 8.71. The van der Waals surface area contributed by atoms with Crippen LogP contribution in [0.15, 0.2) is 0 Å². The van der Waals surface area contributed by atoms with E-state index >= 15 is 0 Å². The molecule has 0 aliphatic heterocycles. The van der Waals surface area contributed by atoms with Crippen LogP contribution in [0.4, 0.5) is 0 Å². The quantitative estimate of drug-likeness (QED) is 0.781. The van der Waals surface area contributed by atoms with Gasteiger partial charge in [0.2, 0.25) is 0 Å². The van der Waals surface area contributed by atoms with Gasteiger partial charge in [-0.3, -0.25) is 4.68 Å². The zero-order chi connectivity index (χ0) is 10.9. The van der Waals surface area contributed by atoms with Crippen LogP contribution in [0.2, 0.25) is 5.15 Å². The van der Waals surface area contributed by atoms with Crippen molar-refractivity contribution in [2.24, 2.45) is 12.8 Å². The van der Waals surface area contributed by atoms with Gasteiger partial charge in [-0.1, -0.05) is 11.6 Å². The van der Waals surface area contributed by atoms with E-state index in [0.717, 1.165) is 11.3 Å². The summed E-state index contributed by atoms with van der Waals surface area (Å²) in [5, 5.41) is 13.8. The smallest absolute Gasteiger partial charge is 0.130 e. The largest absolute Gasteiger partial charge is 0.394 e. The number of halogens is 1. The maximum Gasteiger partial charge on any atom is 0.130 e. The maximum atomic E-state index is 9.05. The molecule has 1 aromatic heterocycles. The molecule has 0 aromatic carbocycles. The summed E-state index contributed by atoms with van der Waals surface area (Å²) in [6.07, 6.45) is 0.530. The van der Waals surface area contributed by atoms with E-state index in [4.69, 9.17) is 22.4 Å². The molecule has 1 rings (SSSR count). The van der Waals surface area contributed by atoms with Gasteiger partial charge >= 0.3 is 0 Å². The topological polar surface area (TPSA) is 64.1 Å². The lowest BCUT2D eigenvalue weighted by Crippen LogP contribution is -2.42. The lowest BCUT2D eigenvalue weighted by Gasteiger charge is -2.21. The summed E-state index contributed by atoms with van der Waals surface area (Å²) < 4.78 is 1.61. The van der Waals surface area contributed by atoms with Gasteiger partial charge in [-0.15, -0.1) is 0 Å². The number of aliphatic hydroxyl groups excluding tert-OH is 1. The van der Waals surface area contributed by atoms with Crippen molar-refractivity contribution in [2.75, 3.05) is 6.61 Å². The van der Waals surface area contributed by atoms with E-state index < -0.39 is 5.54 Å². The molecular formula is C9H16ClN3O. The lowest BCUT2D eigenvalue weighted by molar-refractivity contribution is 0.208. The summed E-state index contributed by atoms with van der Waals surface area (Å²) in [4.78, 5) is 0. The van der Waals surface area contributed by atoms with Crippen LogP contribution < -0.4 is 5.73 Å². The number of aliphatic hydroxyl groups is 1. The van der Waals surface area contributed by atoms with E-state index in [9.17, 15) is 0 Å². The molecule has 5 heteroatoms. The van der Waals surface area contributed by atoms with Crippen molar-refractivity contribution in [3.63, 3.8) is 0 Å². The van der Waals surface area contributed by atoms with Gasteiger partial charge in [0.05, 0.1) is 12.3 Å². The number of rotatable bonds is 3. The van der Waals surface area contributed by atoms with Crippen LogP contribution in [0, 0.1) is 6.92 Å². The minimum Gasteiger partial charge on any atom is -0.394 e. The third-order valence-corrected chi connectivity index (χ3v) is 2.68. The summed E-state index contributed by atoms with van der Waals surface area (Å²) >= 11 is 6.04. The molecule has 0 aliphatic rings. The summed E-state index contributed by atoms with van der Waals surface area (Å²) in [5.74, 6) is 0. The molecule has 4 nitrogen and oxygen atoms in total.